The van der Waals surface area contributed by atoms with Gasteiger partial charge in [0.1, 0.15) is 6.04 Å². The summed E-state index contributed by atoms with van der Waals surface area (Å²) in [6, 6.07) is 4.71. The third-order valence-corrected chi connectivity index (χ3v) is 5.43. The molecule has 1 aromatic carbocycles. The first-order chi connectivity index (χ1) is 13.0. The Bertz CT molecular complexity index is 1060. The van der Waals surface area contributed by atoms with Crippen molar-refractivity contribution in [2.75, 3.05) is 5.73 Å². The van der Waals surface area contributed by atoms with E-state index < -0.39 is 18.1 Å². The molecule has 0 radical (unpaired) electrons. The smallest absolute Gasteiger partial charge is 0.350 e. The summed E-state index contributed by atoms with van der Waals surface area (Å²) in [5.74, 6) is -1.26. The van der Waals surface area contributed by atoms with Crippen LogP contribution >= 0.6 is 34.9 Å². The molecule has 2 aromatic heterocycles. The van der Waals surface area contributed by atoms with Gasteiger partial charge in [-0.15, -0.1) is 22.7 Å². The Morgan fingerprint density at radius 3 is 3.00 bits per heavy atom. The van der Waals surface area contributed by atoms with Crippen molar-refractivity contribution in [1.82, 2.24) is 15.3 Å². The lowest BCUT2D eigenvalue weighted by Crippen LogP contribution is -2.27. The van der Waals surface area contributed by atoms with E-state index in [4.69, 9.17) is 27.9 Å². The zero-order valence-corrected chi connectivity index (χ0v) is 15.9. The number of carbonyl (C=O) groups is 2. The number of carbonyl (C=O) groups excluding carboxylic acids is 1. The minimum absolute atomic E-state index is 0.323. The van der Waals surface area contributed by atoms with Gasteiger partial charge in [0.15, 0.2) is 21.4 Å². The molecule has 0 saturated heterocycles. The van der Waals surface area contributed by atoms with Gasteiger partial charge in [0.25, 0.3) is 0 Å². The highest BCUT2D eigenvalue weighted by Gasteiger charge is 2.31. The van der Waals surface area contributed by atoms with E-state index in [1.54, 1.807) is 17.5 Å². The van der Waals surface area contributed by atoms with Gasteiger partial charge in [0, 0.05) is 10.9 Å². The maximum absolute atomic E-state index is 11.2. The van der Waals surface area contributed by atoms with E-state index in [-0.39, 0.29) is 0 Å². The predicted octanol–water partition coefficient (Wildman–Crippen LogP) is 2.61. The summed E-state index contributed by atoms with van der Waals surface area (Å²) in [6.07, 6.45) is 0.250. The molecule has 12 heteroatoms. The van der Waals surface area contributed by atoms with Crippen molar-refractivity contribution in [3.8, 4) is 0 Å². The number of H-pyrrole nitrogens is 1. The quantitative estimate of drug-likeness (QED) is 0.189. The number of nitrogen functional groups attached to an aromatic ring is 1. The number of fused-ring (bicyclic) bond motifs is 1. The minimum atomic E-state index is -1.26. The van der Waals surface area contributed by atoms with Gasteiger partial charge in [0.2, 0.25) is 6.41 Å². The van der Waals surface area contributed by atoms with Crippen LogP contribution in [0.1, 0.15) is 23.4 Å². The number of anilines is 1. The Morgan fingerprint density at radius 2 is 2.33 bits per heavy atom. The molecule has 0 aliphatic carbocycles. The average molecular weight is 424 g/mol. The minimum Gasteiger partial charge on any atom is -0.477 e. The van der Waals surface area contributed by atoms with Gasteiger partial charge in [-0.05, 0) is 18.3 Å². The molecular weight excluding hydrogens is 410 g/mol. The van der Waals surface area contributed by atoms with Crippen LogP contribution in [-0.2, 0) is 14.4 Å². The average Bonchev–Trinajstić information content (AvgIpc) is 3.21. The maximum Gasteiger partial charge on any atom is 0.350 e. The molecule has 2 atom stereocenters. The molecular formula is C15H13N5O4S3. The number of rotatable bonds is 8. The molecule has 0 saturated carbocycles. The van der Waals surface area contributed by atoms with Gasteiger partial charge in [-0.25, -0.2) is 9.78 Å². The number of nitrogens with zero attached hydrogens (tertiary/aromatic N) is 2. The van der Waals surface area contributed by atoms with Gasteiger partial charge < -0.3 is 26.0 Å². The molecule has 2 heterocycles. The largest absolute Gasteiger partial charge is 0.477 e. The van der Waals surface area contributed by atoms with E-state index in [0.717, 1.165) is 4.70 Å². The van der Waals surface area contributed by atoms with Crippen LogP contribution in [0.2, 0.25) is 0 Å². The number of carboxylic acid groups (broad SMARTS) is 1. The normalized spacial score (nSPS) is 13.5. The molecule has 9 nitrogen and oxygen atoms in total. The Balaban J connectivity index is 2.12. The summed E-state index contributed by atoms with van der Waals surface area (Å²) in [4.78, 5) is 34.7. The first kappa shape index (κ1) is 18.9. The monoisotopic (exact) mass is 423 g/mol. The lowest BCUT2D eigenvalue weighted by molar-refractivity contribution is -0.129. The van der Waals surface area contributed by atoms with Crippen LogP contribution in [0.4, 0.5) is 5.13 Å². The number of aromatic nitrogens is 2. The number of hydrogen-bond acceptors (Lipinski definition) is 9. The predicted molar refractivity (Wildman–Crippen MR) is 105 cm³/mol. The molecule has 3 rings (SSSR count). The highest BCUT2D eigenvalue weighted by atomic mass is 32.1. The summed E-state index contributed by atoms with van der Waals surface area (Å²) in [5, 5.41) is 17.0. The molecule has 0 fully saturated rings. The number of hydrogen-bond donors (Lipinski definition) is 4. The molecule has 140 valence electrons. The molecule has 1 unspecified atom stereocenters. The van der Waals surface area contributed by atoms with Crippen LogP contribution in [-0.4, -0.2) is 33.7 Å². The van der Waals surface area contributed by atoms with E-state index in [1.807, 2.05) is 6.07 Å². The molecule has 0 aliphatic rings. The highest BCUT2D eigenvalue weighted by molar-refractivity contribution is 7.73. The fourth-order valence-corrected chi connectivity index (χ4v) is 4.26. The third kappa shape index (κ3) is 4.30. The number of carboxylic acids is 1. The second kappa shape index (κ2) is 8.24. The zero-order valence-electron chi connectivity index (χ0n) is 13.5. The van der Waals surface area contributed by atoms with E-state index in [1.165, 1.54) is 22.7 Å². The zero-order chi connectivity index (χ0) is 19.4. The number of nitrogens with two attached hydrogens (primary N) is 1. The number of oxime groups is 1. The van der Waals surface area contributed by atoms with Crippen molar-refractivity contribution < 1.29 is 19.5 Å². The molecule has 27 heavy (non-hydrogen) atoms. The van der Waals surface area contributed by atoms with E-state index >= 15 is 0 Å². The standard InChI is InChI=1S/C15H13N5O4S3/c16-14-19-8(5-26-14)12(17-6-21)13(24-18-4-10(22)23)7-2-1-3-9-11(7)20-15(25)27-9/h1-6,12-13H,(H2,16,19)(H,17,21)(H,20,25)(H,22,23)/b18-4-/t12?,13-/m0/s1. The van der Waals surface area contributed by atoms with Crippen molar-refractivity contribution in [2.24, 2.45) is 5.16 Å². The van der Waals surface area contributed by atoms with E-state index in [9.17, 15) is 9.59 Å². The number of aromatic amines is 1. The van der Waals surface area contributed by atoms with Gasteiger partial charge in [-0.1, -0.05) is 17.3 Å². The first-order valence-electron chi connectivity index (χ1n) is 7.44. The van der Waals surface area contributed by atoms with Crippen molar-refractivity contribution >= 4 is 68.8 Å². The maximum atomic E-state index is 11.2. The SMILES string of the molecule is Nc1nc(C(NC=O)[C@@H](O/N=C\C(=O)O)c2cccc3sc(=S)[nH]c23)cs1. The van der Waals surface area contributed by atoms with Gasteiger partial charge in [-0.3, -0.25) is 4.79 Å². The van der Waals surface area contributed by atoms with Crippen molar-refractivity contribution in [2.45, 2.75) is 12.1 Å². The molecule has 0 spiro atoms. The number of nitrogens with one attached hydrogen (secondary N) is 2. The van der Waals surface area contributed by atoms with Crippen molar-refractivity contribution in [3.05, 3.63) is 38.8 Å². The van der Waals surface area contributed by atoms with Gasteiger partial charge in [0.05, 0.1) is 15.9 Å². The Kier molecular flexibility index (Phi) is 5.78. The molecule has 0 aliphatic heterocycles. The fraction of sp³-hybridized carbons (Fsp3) is 0.133. The van der Waals surface area contributed by atoms with Crippen LogP contribution in [0.25, 0.3) is 10.2 Å². The highest BCUT2D eigenvalue weighted by Crippen LogP contribution is 2.37. The summed E-state index contributed by atoms with van der Waals surface area (Å²) in [7, 11) is 0. The number of para-hydroxylation sites is 1. The lowest BCUT2D eigenvalue weighted by Gasteiger charge is -2.24. The van der Waals surface area contributed by atoms with Crippen LogP contribution in [0.15, 0.2) is 28.7 Å². The molecule has 0 bridgehead atoms. The van der Waals surface area contributed by atoms with Crippen LogP contribution in [0.3, 0.4) is 0 Å². The van der Waals surface area contributed by atoms with Crippen molar-refractivity contribution in [3.63, 3.8) is 0 Å². The molecule has 3 aromatic rings. The number of benzene rings is 1. The lowest BCUT2D eigenvalue weighted by atomic mass is 9.99. The third-order valence-electron chi connectivity index (χ3n) is 3.54. The Labute approximate surface area is 165 Å². The van der Waals surface area contributed by atoms with Gasteiger partial charge in [-0.2, -0.15) is 0 Å². The Hall–Kier alpha value is -2.83. The number of thiazole rings is 2. The summed E-state index contributed by atoms with van der Waals surface area (Å²) < 4.78 is 1.46. The molecule has 1 amide bonds. The Morgan fingerprint density at radius 1 is 1.52 bits per heavy atom. The van der Waals surface area contributed by atoms with E-state index in [2.05, 4.69) is 20.4 Å². The fourth-order valence-electron chi connectivity index (χ4n) is 2.51. The van der Waals surface area contributed by atoms with Crippen molar-refractivity contribution in [1.29, 1.82) is 0 Å². The topological polar surface area (TPSA) is 143 Å². The number of aliphatic carboxylic acids is 1. The molecule has 5 N–H and O–H groups in total. The second-order valence-electron chi connectivity index (χ2n) is 5.21. The van der Waals surface area contributed by atoms with Crippen LogP contribution in [0, 0.1) is 3.95 Å². The second-order valence-corrected chi connectivity index (χ2v) is 7.81. The van der Waals surface area contributed by atoms with E-state index in [0.29, 0.717) is 38.5 Å². The van der Waals surface area contributed by atoms with Crippen LogP contribution < -0.4 is 11.1 Å². The summed E-state index contributed by atoms with van der Waals surface area (Å²) in [5.41, 5.74) is 7.52. The summed E-state index contributed by atoms with van der Waals surface area (Å²) >= 11 is 7.80. The summed E-state index contributed by atoms with van der Waals surface area (Å²) in [6.45, 7) is 0. The van der Waals surface area contributed by atoms with Gasteiger partial charge >= 0.3 is 5.97 Å². The number of amides is 1. The first-order valence-corrected chi connectivity index (χ1v) is 9.54. The van der Waals surface area contributed by atoms with Crippen LogP contribution in [0.5, 0.6) is 0 Å².